The molecule has 1 heterocycles. The molecule has 1 rings (SSSR count). The fraction of sp³-hybridized carbons (Fsp3) is 0.429. The van der Waals surface area contributed by atoms with Crippen LogP contribution in [0.2, 0.25) is 0 Å². The van der Waals surface area contributed by atoms with Gasteiger partial charge in [0.05, 0.1) is 18.8 Å². The van der Waals surface area contributed by atoms with Gasteiger partial charge in [0.1, 0.15) is 5.84 Å². The van der Waals surface area contributed by atoms with Gasteiger partial charge in [-0.3, -0.25) is 15.0 Å². The Morgan fingerprint density at radius 2 is 2.50 bits per heavy atom. The van der Waals surface area contributed by atoms with Crippen molar-refractivity contribution in [1.82, 2.24) is 10.7 Å². The lowest BCUT2D eigenvalue weighted by molar-refractivity contribution is -0.140. The maximum atomic E-state index is 11.1. The first-order valence-electron chi connectivity index (χ1n) is 4.20. The van der Waals surface area contributed by atoms with Crippen molar-refractivity contribution in [2.75, 3.05) is 7.11 Å². The van der Waals surface area contributed by atoms with E-state index < -0.39 is 11.2 Å². The normalized spacial score (nSPS) is 21.7. The number of amidine groups is 1. The predicted molar refractivity (Wildman–Crippen MR) is 63.9 cm³/mol. The fourth-order valence-corrected chi connectivity index (χ4v) is 1.90. The van der Waals surface area contributed by atoms with Crippen LogP contribution in [0.25, 0.3) is 0 Å². The highest BCUT2D eigenvalue weighted by molar-refractivity contribution is 8.15. The zero-order chi connectivity index (χ0) is 12.1. The molecular weight excluding hydrogens is 252 g/mol. The average Bonchev–Trinajstić information content (AvgIpc) is 2.55. The van der Waals surface area contributed by atoms with Gasteiger partial charge in [-0.25, -0.2) is 0 Å². The molecule has 1 saturated heterocycles. The van der Waals surface area contributed by atoms with Gasteiger partial charge in [0, 0.05) is 0 Å². The minimum atomic E-state index is -0.419. The highest BCUT2D eigenvalue weighted by atomic mass is 32.2. The first kappa shape index (κ1) is 12.7. The number of hydrogen-bond acceptors (Lipinski definition) is 6. The monoisotopic (exact) mass is 262 g/mol. The van der Waals surface area contributed by atoms with E-state index in [9.17, 15) is 9.59 Å². The van der Waals surface area contributed by atoms with Crippen molar-refractivity contribution in [1.29, 1.82) is 0 Å². The summed E-state index contributed by atoms with van der Waals surface area (Å²) in [7, 11) is 1.28. The number of carbonyl (C=O) groups is 2. The number of nitrogens with two attached hydrogens (primary N) is 1. The molecular formula is C7H10N4O3S2. The minimum absolute atomic E-state index is 0.0181. The molecule has 1 atom stereocenters. The minimum Gasteiger partial charge on any atom is -0.469 e. The standard InChI is InChI=1S/C7H10N4O3S2/c1-14-4(12)2-3-5(9-7(13)16-3)10-11-6(8)15/h3H,2H2,1H3,(H3,8,11,15)(H,9,10,13)/t3-/m1/s1. The van der Waals surface area contributed by atoms with Crippen LogP contribution in [0.5, 0.6) is 0 Å². The van der Waals surface area contributed by atoms with E-state index in [2.05, 4.69) is 32.8 Å². The zero-order valence-electron chi connectivity index (χ0n) is 8.35. The average molecular weight is 262 g/mol. The van der Waals surface area contributed by atoms with Gasteiger partial charge in [-0.05, 0) is 12.2 Å². The molecule has 1 fully saturated rings. The summed E-state index contributed by atoms with van der Waals surface area (Å²) in [6.07, 6.45) is 0.0533. The maximum absolute atomic E-state index is 11.1. The van der Waals surface area contributed by atoms with Gasteiger partial charge in [0.25, 0.3) is 5.24 Å². The Morgan fingerprint density at radius 3 is 3.06 bits per heavy atom. The largest absolute Gasteiger partial charge is 0.469 e. The summed E-state index contributed by atoms with van der Waals surface area (Å²) < 4.78 is 4.50. The Bertz CT molecular complexity index is 358. The molecule has 9 heteroatoms. The Balaban J connectivity index is 2.66. The summed E-state index contributed by atoms with van der Waals surface area (Å²) in [4.78, 5) is 22.2. The molecule has 0 aromatic heterocycles. The topological polar surface area (TPSA) is 106 Å². The number of hydrogen-bond donors (Lipinski definition) is 3. The molecule has 0 unspecified atom stereocenters. The van der Waals surface area contributed by atoms with E-state index in [1.54, 1.807) is 0 Å². The highest BCUT2D eigenvalue weighted by Gasteiger charge is 2.32. The SMILES string of the molecule is COC(=O)C[C@H]1SC(=O)N/C1=N\NC(N)=S. The van der Waals surface area contributed by atoms with Gasteiger partial charge in [-0.15, -0.1) is 0 Å². The van der Waals surface area contributed by atoms with Crippen LogP contribution in [0.1, 0.15) is 6.42 Å². The van der Waals surface area contributed by atoms with Crippen LogP contribution in [-0.2, 0) is 9.53 Å². The number of rotatable bonds is 3. The number of esters is 1. The first-order valence-corrected chi connectivity index (χ1v) is 5.49. The number of ether oxygens (including phenoxy) is 1. The smallest absolute Gasteiger partial charge is 0.307 e. The highest BCUT2D eigenvalue weighted by Crippen LogP contribution is 2.22. The molecule has 0 radical (unpaired) electrons. The molecule has 7 nitrogen and oxygen atoms in total. The summed E-state index contributed by atoms with van der Waals surface area (Å²) in [5, 5.41) is 5.56. The number of amides is 1. The molecule has 1 aliphatic heterocycles. The van der Waals surface area contributed by atoms with Crippen molar-refractivity contribution >= 4 is 46.1 Å². The van der Waals surface area contributed by atoms with Gasteiger partial charge in [-0.2, -0.15) is 5.10 Å². The molecule has 1 amide bonds. The molecule has 0 bridgehead atoms. The second kappa shape index (κ2) is 5.66. The van der Waals surface area contributed by atoms with Crippen LogP contribution in [0.15, 0.2) is 5.10 Å². The number of methoxy groups -OCH3 is 1. The van der Waals surface area contributed by atoms with Crippen LogP contribution < -0.4 is 16.5 Å². The lowest BCUT2D eigenvalue weighted by atomic mass is 10.3. The summed E-state index contributed by atoms with van der Waals surface area (Å²) in [5.74, 6) is -0.106. The second-order valence-corrected chi connectivity index (χ2v) is 4.39. The van der Waals surface area contributed by atoms with Gasteiger partial charge >= 0.3 is 5.97 Å². The summed E-state index contributed by atoms with van der Waals surface area (Å²) >= 11 is 5.52. The third-order valence-electron chi connectivity index (χ3n) is 1.65. The lowest BCUT2D eigenvalue weighted by Gasteiger charge is -2.06. The van der Waals surface area contributed by atoms with Crippen molar-refractivity contribution in [2.24, 2.45) is 10.8 Å². The summed E-state index contributed by atoms with van der Waals surface area (Å²) in [5.41, 5.74) is 7.53. The van der Waals surface area contributed by atoms with Crippen LogP contribution in [0, 0.1) is 0 Å². The van der Waals surface area contributed by atoms with Crippen LogP contribution in [-0.4, -0.2) is 34.5 Å². The van der Waals surface area contributed by atoms with E-state index in [1.165, 1.54) is 7.11 Å². The van der Waals surface area contributed by atoms with Crippen molar-refractivity contribution in [2.45, 2.75) is 11.7 Å². The van der Waals surface area contributed by atoms with E-state index in [-0.39, 0.29) is 16.8 Å². The van der Waals surface area contributed by atoms with Crippen molar-refractivity contribution in [3.05, 3.63) is 0 Å². The Hall–Kier alpha value is -1.35. The number of nitrogens with one attached hydrogen (secondary N) is 2. The quantitative estimate of drug-likeness (QED) is 0.358. The molecule has 16 heavy (non-hydrogen) atoms. The number of nitrogens with zero attached hydrogens (tertiary/aromatic N) is 1. The van der Waals surface area contributed by atoms with Crippen LogP contribution >= 0.6 is 24.0 Å². The maximum Gasteiger partial charge on any atom is 0.307 e. The van der Waals surface area contributed by atoms with E-state index in [0.717, 1.165) is 11.8 Å². The van der Waals surface area contributed by atoms with Gasteiger partial charge in [-0.1, -0.05) is 11.8 Å². The summed E-state index contributed by atoms with van der Waals surface area (Å²) in [6, 6.07) is 0. The van der Waals surface area contributed by atoms with E-state index >= 15 is 0 Å². The van der Waals surface area contributed by atoms with Crippen LogP contribution in [0.3, 0.4) is 0 Å². The zero-order valence-corrected chi connectivity index (χ0v) is 9.98. The second-order valence-electron chi connectivity index (χ2n) is 2.77. The predicted octanol–water partition coefficient (Wildman–Crippen LogP) is -0.479. The number of thioether (sulfide) groups is 1. The van der Waals surface area contributed by atoms with E-state index in [0.29, 0.717) is 5.84 Å². The summed E-state index contributed by atoms with van der Waals surface area (Å²) in [6.45, 7) is 0. The fourth-order valence-electron chi connectivity index (χ4n) is 0.988. The molecule has 0 spiro atoms. The molecule has 0 saturated carbocycles. The Labute approximate surface area is 101 Å². The molecule has 88 valence electrons. The van der Waals surface area contributed by atoms with Gasteiger partial charge in [0.15, 0.2) is 5.11 Å². The van der Waals surface area contributed by atoms with Gasteiger partial charge < -0.3 is 15.8 Å². The molecule has 4 N–H and O–H groups in total. The first-order chi connectivity index (χ1) is 7.52. The molecule has 0 aromatic carbocycles. The van der Waals surface area contributed by atoms with E-state index in [4.69, 9.17) is 5.73 Å². The number of carbonyl (C=O) groups excluding carboxylic acids is 2. The van der Waals surface area contributed by atoms with Crippen molar-refractivity contribution in [3.8, 4) is 0 Å². The number of thiocarbonyl (C=S) groups is 1. The third-order valence-corrected chi connectivity index (χ3v) is 2.73. The molecule has 0 aliphatic carbocycles. The van der Waals surface area contributed by atoms with Crippen molar-refractivity contribution in [3.63, 3.8) is 0 Å². The van der Waals surface area contributed by atoms with Gasteiger partial charge in [0.2, 0.25) is 0 Å². The Morgan fingerprint density at radius 1 is 1.81 bits per heavy atom. The molecule has 0 aromatic rings. The van der Waals surface area contributed by atoms with E-state index in [1.807, 2.05) is 0 Å². The van der Waals surface area contributed by atoms with Crippen LogP contribution in [0.4, 0.5) is 4.79 Å². The lowest BCUT2D eigenvalue weighted by Crippen LogP contribution is -2.32. The Kier molecular flexibility index (Phi) is 4.50. The van der Waals surface area contributed by atoms with Crippen molar-refractivity contribution < 1.29 is 14.3 Å². The third kappa shape index (κ3) is 3.66. The number of hydrazone groups is 1. The molecule has 1 aliphatic rings.